The van der Waals surface area contributed by atoms with Gasteiger partial charge in [-0.15, -0.1) is 0 Å². The van der Waals surface area contributed by atoms with Gasteiger partial charge in [-0.05, 0) is 24.3 Å². The van der Waals surface area contributed by atoms with Gasteiger partial charge in [0.2, 0.25) is 0 Å². The molecule has 3 N–H and O–H groups in total. The van der Waals surface area contributed by atoms with Gasteiger partial charge in [-0.3, -0.25) is 4.90 Å². The van der Waals surface area contributed by atoms with Crippen molar-refractivity contribution in [3.05, 3.63) is 66.2 Å². The summed E-state index contributed by atoms with van der Waals surface area (Å²) < 4.78 is 11.2. The average Bonchev–Trinajstić information content (AvgIpc) is 3.06. The van der Waals surface area contributed by atoms with Crippen molar-refractivity contribution in [1.29, 1.82) is 0 Å². The summed E-state index contributed by atoms with van der Waals surface area (Å²) in [5.74, 6) is 2.46. The van der Waals surface area contributed by atoms with E-state index in [1.54, 1.807) is 14.2 Å². The topological polar surface area (TPSA) is 63.0 Å². The normalized spacial score (nSPS) is 14.9. The van der Waals surface area contributed by atoms with Crippen molar-refractivity contribution >= 4 is 17.1 Å². The third kappa shape index (κ3) is 2.46. The van der Waals surface area contributed by atoms with E-state index in [4.69, 9.17) is 15.2 Å². The minimum absolute atomic E-state index is 0.561. The first kappa shape index (κ1) is 16.4. The number of methoxy groups -OCH3 is 2. The van der Waals surface area contributed by atoms with Crippen LogP contribution in [-0.4, -0.2) is 32.2 Å². The molecule has 2 aliphatic rings. The van der Waals surface area contributed by atoms with Crippen LogP contribution in [0.1, 0.15) is 5.56 Å². The van der Waals surface area contributed by atoms with E-state index >= 15 is 0 Å². The number of anilines is 2. The maximum Gasteiger partial charge on any atom is 0.170 e. The zero-order chi connectivity index (χ0) is 18.1. The third-order valence-corrected chi connectivity index (χ3v) is 4.59. The van der Waals surface area contributed by atoms with Crippen LogP contribution in [0.15, 0.2) is 60.7 Å². The number of hydrogen-bond donors (Lipinski definition) is 2. The molecular weight excluding hydrogens is 328 g/mol. The van der Waals surface area contributed by atoms with Gasteiger partial charge in [0.1, 0.15) is 5.82 Å². The highest BCUT2D eigenvalue weighted by molar-refractivity contribution is 5.93. The summed E-state index contributed by atoms with van der Waals surface area (Å²) in [5.41, 5.74) is 9.96. The molecule has 2 aromatic carbocycles. The van der Waals surface area contributed by atoms with Gasteiger partial charge in [-0.2, -0.15) is 0 Å². The first-order valence-corrected chi connectivity index (χ1v) is 8.54. The minimum atomic E-state index is 0.561. The monoisotopic (exact) mass is 350 g/mol. The molecule has 134 valence electrons. The Hall–Kier alpha value is -3.12. The highest BCUT2D eigenvalue weighted by Crippen LogP contribution is 2.46. The van der Waals surface area contributed by atoms with E-state index in [1.807, 2.05) is 36.5 Å². The second-order valence-electron chi connectivity index (χ2n) is 6.04. The number of nitrogens with two attached hydrogens (primary N) is 1. The van der Waals surface area contributed by atoms with E-state index in [1.165, 1.54) is 0 Å². The third-order valence-electron chi connectivity index (χ3n) is 4.59. The second-order valence-corrected chi connectivity index (χ2v) is 6.04. The number of ether oxygens (including phenoxy) is 2. The Labute approximate surface area is 153 Å². The highest BCUT2D eigenvalue weighted by atomic mass is 16.5. The van der Waals surface area contributed by atoms with Crippen LogP contribution in [0.25, 0.3) is 5.70 Å². The number of benzene rings is 2. The number of nitrogens with zero attached hydrogens (tertiary/aromatic N) is 2. The molecule has 0 saturated heterocycles. The zero-order valence-electron chi connectivity index (χ0n) is 14.9. The summed E-state index contributed by atoms with van der Waals surface area (Å²) in [6, 6.07) is 14.1. The number of rotatable bonds is 5. The molecule has 0 bridgehead atoms. The van der Waals surface area contributed by atoms with E-state index in [2.05, 4.69) is 33.4 Å². The van der Waals surface area contributed by atoms with E-state index in [0.717, 1.165) is 35.0 Å². The molecule has 2 aliphatic heterocycles. The average molecular weight is 350 g/mol. The van der Waals surface area contributed by atoms with Gasteiger partial charge < -0.3 is 25.4 Å². The fraction of sp³-hybridized carbons (Fsp3) is 0.200. The van der Waals surface area contributed by atoms with Gasteiger partial charge in [0.05, 0.1) is 31.3 Å². The van der Waals surface area contributed by atoms with Crippen molar-refractivity contribution < 1.29 is 9.47 Å². The molecule has 2 aromatic rings. The number of para-hydroxylation sites is 3. The van der Waals surface area contributed by atoms with Gasteiger partial charge in [0.15, 0.2) is 11.5 Å². The summed E-state index contributed by atoms with van der Waals surface area (Å²) in [4.78, 5) is 4.37. The maximum absolute atomic E-state index is 5.83. The quantitative estimate of drug-likeness (QED) is 0.864. The van der Waals surface area contributed by atoms with Gasteiger partial charge in [0, 0.05) is 31.1 Å². The number of hydrogen-bond acceptors (Lipinski definition) is 6. The number of nitrogens with one attached hydrogen (secondary N) is 1. The molecule has 6 nitrogen and oxygen atoms in total. The summed E-state index contributed by atoms with van der Waals surface area (Å²) in [5, 5.41) is 3.37. The van der Waals surface area contributed by atoms with Crippen LogP contribution in [-0.2, 0) is 0 Å². The van der Waals surface area contributed by atoms with Gasteiger partial charge in [0.25, 0.3) is 0 Å². The van der Waals surface area contributed by atoms with Gasteiger partial charge in [-0.25, -0.2) is 0 Å². The lowest BCUT2D eigenvalue weighted by atomic mass is 10.1. The Morgan fingerprint density at radius 1 is 1.04 bits per heavy atom. The molecule has 4 rings (SSSR count). The minimum Gasteiger partial charge on any atom is -0.493 e. The molecule has 0 amide bonds. The van der Waals surface area contributed by atoms with E-state index in [0.29, 0.717) is 18.0 Å². The number of fused-ring (bicyclic) bond motifs is 3. The van der Waals surface area contributed by atoms with Crippen molar-refractivity contribution in [2.45, 2.75) is 0 Å². The van der Waals surface area contributed by atoms with Crippen LogP contribution in [0.2, 0.25) is 0 Å². The van der Waals surface area contributed by atoms with Crippen molar-refractivity contribution in [3.63, 3.8) is 0 Å². The van der Waals surface area contributed by atoms with Gasteiger partial charge >= 0.3 is 0 Å². The molecule has 0 radical (unpaired) electrons. The summed E-state index contributed by atoms with van der Waals surface area (Å²) >= 11 is 0. The van der Waals surface area contributed by atoms with Crippen molar-refractivity contribution in [1.82, 2.24) is 4.90 Å². The summed E-state index contributed by atoms with van der Waals surface area (Å²) in [7, 11) is 3.31. The lowest BCUT2D eigenvalue weighted by Crippen LogP contribution is -2.31. The highest BCUT2D eigenvalue weighted by Gasteiger charge is 2.34. The maximum atomic E-state index is 5.83. The van der Waals surface area contributed by atoms with E-state index < -0.39 is 0 Å². The van der Waals surface area contributed by atoms with E-state index in [-0.39, 0.29) is 0 Å². The Balaban J connectivity index is 1.89. The zero-order valence-corrected chi connectivity index (χ0v) is 14.9. The predicted octanol–water partition coefficient (Wildman–Crippen LogP) is 3.01. The molecule has 0 fully saturated rings. The van der Waals surface area contributed by atoms with Crippen LogP contribution in [0.4, 0.5) is 11.4 Å². The van der Waals surface area contributed by atoms with Crippen LogP contribution in [0, 0.1) is 0 Å². The van der Waals surface area contributed by atoms with Crippen LogP contribution in [0.3, 0.4) is 0 Å². The molecule has 0 spiro atoms. The standard InChI is InChI=1S/C20H22N4O2/c1-25-18-9-5-6-14(20(18)26-2)17-13-23(11-10-21)19-12-22-15-7-3-4-8-16(15)24(17)19/h3-9,12-13,22H,10-11,21H2,1-2H3. The molecule has 0 aliphatic carbocycles. The summed E-state index contributed by atoms with van der Waals surface area (Å²) in [6.45, 7) is 1.29. The van der Waals surface area contributed by atoms with Crippen molar-refractivity contribution in [3.8, 4) is 11.5 Å². The molecule has 0 saturated carbocycles. The molecule has 6 heteroatoms. The predicted molar refractivity (Wildman–Crippen MR) is 104 cm³/mol. The SMILES string of the molecule is COc1cccc(C2=CN(CCN)C3=CNc4ccccc4N23)c1OC. The molecule has 2 heterocycles. The lowest BCUT2D eigenvalue weighted by molar-refractivity contribution is 0.354. The Bertz CT molecular complexity index is 891. The fourth-order valence-corrected chi connectivity index (χ4v) is 3.45. The Morgan fingerprint density at radius 3 is 2.65 bits per heavy atom. The molecule has 26 heavy (non-hydrogen) atoms. The Kier molecular flexibility index (Phi) is 4.18. The van der Waals surface area contributed by atoms with Gasteiger partial charge in [-0.1, -0.05) is 18.2 Å². The van der Waals surface area contributed by atoms with E-state index in [9.17, 15) is 0 Å². The largest absolute Gasteiger partial charge is 0.493 e. The summed E-state index contributed by atoms with van der Waals surface area (Å²) in [6.07, 6.45) is 4.12. The fourth-order valence-electron chi connectivity index (χ4n) is 3.45. The Morgan fingerprint density at radius 2 is 1.88 bits per heavy atom. The lowest BCUT2D eigenvalue weighted by Gasteiger charge is -2.32. The van der Waals surface area contributed by atoms with Crippen molar-refractivity contribution in [2.75, 3.05) is 37.5 Å². The second kappa shape index (κ2) is 6.65. The van der Waals surface area contributed by atoms with Crippen molar-refractivity contribution in [2.24, 2.45) is 5.73 Å². The first-order valence-electron chi connectivity index (χ1n) is 8.54. The van der Waals surface area contributed by atoms with Crippen LogP contribution < -0.4 is 25.4 Å². The smallest absolute Gasteiger partial charge is 0.170 e. The molecule has 0 aromatic heterocycles. The van der Waals surface area contributed by atoms with Crippen LogP contribution >= 0.6 is 0 Å². The molecule has 0 unspecified atom stereocenters. The molecule has 0 atom stereocenters. The first-order chi connectivity index (χ1) is 12.8. The molecular formula is C20H22N4O2. The van der Waals surface area contributed by atoms with Crippen LogP contribution in [0.5, 0.6) is 11.5 Å².